The number of aromatic nitrogens is 4. The average molecular weight is 385 g/mol. The Balaban J connectivity index is 1.67. The maximum atomic E-state index is 13.9. The number of nitrogens with one attached hydrogen (secondary N) is 1. The minimum atomic E-state index is -0.834. The van der Waals surface area contributed by atoms with Crippen molar-refractivity contribution < 1.29 is 4.39 Å². The number of nitrogens with zero attached hydrogens (tertiary/aromatic N) is 4. The van der Waals surface area contributed by atoms with Crippen LogP contribution in [0.2, 0.25) is 0 Å². The fourth-order valence-electron chi connectivity index (χ4n) is 3.78. The molecule has 0 unspecified atom stereocenters. The largest absolute Gasteiger partial charge is 0.353 e. The van der Waals surface area contributed by atoms with Crippen LogP contribution < -0.4 is 4.90 Å². The van der Waals surface area contributed by atoms with Gasteiger partial charge in [-0.2, -0.15) is 5.10 Å². The first-order valence-corrected chi connectivity index (χ1v) is 9.71. The molecular formula is C23H20FN5. The molecule has 1 fully saturated rings. The van der Waals surface area contributed by atoms with E-state index in [2.05, 4.69) is 27.3 Å². The summed E-state index contributed by atoms with van der Waals surface area (Å²) in [4.78, 5) is 11.4. The fourth-order valence-corrected chi connectivity index (χ4v) is 3.78. The predicted molar refractivity (Wildman–Crippen MR) is 112 cm³/mol. The summed E-state index contributed by atoms with van der Waals surface area (Å²) in [5, 5.41) is 7.51. The van der Waals surface area contributed by atoms with E-state index in [1.807, 2.05) is 59.5 Å². The lowest BCUT2D eigenvalue weighted by Gasteiger charge is -2.21. The number of alkyl halides is 1. The van der Waals surface area contributed by atoms with E-state index in [1.54, 1.807) is 6.20 Å². The normalized spacial score (nSPS) is 16.3. The van der Waals surface area contributed by atoms with Crippen molar-refractivity contribution >= 4 is 5.82 Å². The predicted octanol–water partition coefficient (Wildman–Crippen LogP) is 4.75. The summed E-state index contributed by atoms with van der Waals surface area (Å²) in [5.41, 5.74) is 3.84. The molecule has 0 saturated carbocycles. The Labute approximate surface area is 168 Å². The number of rotatable bonds is 4. The lowest BCUT2D eigenvalue weighted by molar-refractivity contribution is 0.364. The molecule has 3 heterocycles. The van der Waals surface area contributed by atoms with Crippen molar-refractivity contribution in [1.82, 2.24) is 20.2 Å². The van der Waals surface area contributed by atoms with Gasteiger partial charge in [0.15, 0.2) is 11.6 Å². The van der Waals surface area contributed by atoms with E-state index in [9.17, 15) is 4.39 Å². The molecule has 29 heavy (non-hydrogen) atoms. The van der Waals surface area contributed by atoms with Gasteiger partial charge < -0.3 is 4.90 Å². The molecule has 0 radical (unpaired) electrons. The molecule has 0 bridgehead atoms. The molecular weight excluding hydrogens is 365 g/mol. The number of hydrogen-bond acceptors (Lipinski definition) is 4. The van der Waals surface area contributed by atoms with Crippen LogP contribution in [0.4, 0.5) is 10.2 Å². The summed E-state index contributed by atoms with van der Waals surface area (Å²) < 4.78 is 13.9. The van der Waals surface area contributed by atoms with Gasteiger partial charge in [-0.3, -0.25) is 5.10 Å². The third kappa shape index (κ3) is 3.38. The van der Waals surface area contributed by atoms with Crippen molar-refractivity contribution in [3.8, 4) is 33.9 Å². The van der Waals surface area contributed by atoms with E-state index in [0.29, 0.717) is 31.2 Å². The van der Waals surface area contributed by atoms with Crippen LogP contribution in [0.1, 0.15) is 6.42 Å². The highest BCUT2D eigenvalue weighted by atomic mass is 19.1. The molecule has 1 aliphatic heterocycles. The van der Waals surface area contributed by atoms with Crippen LogP contribution in [-0.4, -0.2) is 39.4 Å². The molecule has 1 atom stereocenters. The van der Waals surface area contributed by atoms with E-state index in [-0.39, 0.29) is 0 Å². The topological polar surface area (TPSA) is 57.7 Å². The summed E-state index contributed by atoms with van der Waals surface area (Å²) >= 11 is 0. The lowest BCUT2D eigenvalue weighted by atomic mass is 10.00. The van der Waals surface area contributed by atoms with Crippen molar-refractivity contribution in [3.63, 3.8) is 0 Å². The van der Waals surface area contributed by atoms with E-state index in [0.717, 1.165) is 28.1 Å². The quantitative estimate of drug-likeness (QED) is 0.551. The summed E-state index contributed by atoms with van der Waals surface area (Å²) in [6.07, 6.45) is 1.46. The second-order valence-electron chi connectivity index (χ2n) is 7.13. The Kier molecular flexibility index (Phi) is 4.52. The smallest absolute Gasteiger partial charge is 0.181 e. The lowest BCUT2D eigenvalue weighted by Crippen LogP contribution is -2.22. The molecule has 1 aliphatic rings. The number of pyridine rings is 1. The summed E-state index contributed by atoms with van der Waals surface area (Å²) in [5.74, 6) is 1.99. The zero-order valence-corrected chi connectivity index (χ0v) is 15.8. The van der Waals surface area contributed by atoms with Gasteiger partial charge in [-0.25, -0.2) is 14.4 Å². The number of H-pyrrole nitrogens is 1. The Morgan fingerprint density at radius 1 is 0.931 bits per heavy atom. The number of aromatic amines is 1. The van der Waals surface area contributed by atoms with E-state index >= 15 is 0 Å². The minimum absolute atomic E-state index is 0.345. The van der Waals surface area contributed by atoms with Gasteiger partial charge in [0, 0.05) is 18.3 Å². The number of anilines is 1. The van der Waals surface area contributed by atoms with Gasteiger partial charge in [0.1, 0.15) is 12.0 Å². The first-order chi connectivity index (χ1) is 14.3. The number of benzene rings is 2. The van der Waals surface area contributed by atoms with Gasteiger partial charge in [0.2, 0.25) is 0 Å². The van der Waals surface area contributed by atoms with Gasteiger partial charge in [0.25, 0.3) is 0 Å². The van der Waals surface area contributed by atoms with Crippen LogP contribution in [0.5, 0.6) is 0 Å². The Hall–Kier alpha value is -3.54. The molecule has 0 spiro atoms. The molecule has 6 heteroatoms. The van der Waals surface area contributed by atoms with Crippen LogP contribution in [0.3, 0.4) is 0 Å². The monoisotopic (exact) mass is 385 g/mol. The maximum Gasteiger partial charge on any atom is 0.181 e. The number of hydrogen-bond donors (Lipinski definition) is 1. The molecule has 1 saturated heterocycles. The molecule has 2 aromatic heterocycles. The van der Waals surface area contributed by atoms with Crippen molar-refractivity contribution in [2.24, 2.45) is 0 Å². The summed E-state index contributed by atoms with van der Waals surface area (Å²) in [7, 11) is 0. The van der Waals surface area contributed by atoms with Crippen molar-refractivity contribution in [1.29, 1.82) is 0 Å². The Morgan fingerprint density at radius 2 is 1.66 bits per heavy atom. The van der Waals surface area contributed by atoms with Crippen LogP contribution in [0.25, 0.3) is 33.9 Å². The van der Waals surface area contributed by atoms with Gasteiger partial charge in [-0.05, 0) is 23.6 Å². The molecule has 5 nitrogen and oxygen atoms in total. The highest BCUT2D eigenvalue weighted by Crippen LogP contribution is 2.38. The molecule has 1 N–H and O–H groups in total. The summed E-state index contributed by atoms with van der Waals surface area (Å²) in [6, 6.07) is 21.9. The molecule has 0 aliphatic carbocycles. The van der Waals surface area contributed by atoms with Gasteiger partial charge in [0.05, 0.1) is 12.1 Å². The van der Waals surface area contributed by atoms with E-state index in [4.69, 9.17) is 4.98 Å². The Morgan fingerprint density at radius 3 is 2.34 bits per heavy atom. The summed E-state index contributed by atoms with van der Waals surface area (Å²) in [6.45, 7) is 0.983. The highest BCUT2D eigenvalue weighted by molar-refractivity contribution is 5.88. The van der Waals surface area contributed by atoms with Crippen LogP contribution >= 0.6 is 0 Å². The third-order valence-corrected chi connectivity index (χ3v) is 5.20. The van der Waals surface area contributed by atoms with Crippen molar-refractivity contribution in [3.05, 3.63) is 72.9 Å². The minimum Gasteiger partial charge on any atom is -0.353 e. The molecule has 4 aromatic rings. The Bertz CT molecular complexity index is 1110. The standard InChI is InChI=1S/C23H20FN5/c24-18-12-14-29(15-18)23-20(19(11-13-25-23)16-7-3-1-4-8-16)22-26-21(27-28-22)17-9-5-2-6-10-17/h1-11,13,18H,12,14-15H2,(H,26,27,28)/t18-/m0/s1. The molecule has 5 rings (SSSR count). The SMILES string of the molecule is F[C@H]1CCN(c2nccc(-c3ccccc3)c2-c2nc(-c3ccccc3)n[nH]2)C1. The van der Waals surface area contributed by atoms with Crippen LogP contribution in [-0.2, 0) is 0 Å². The van der Waals surface area contributed by atoms with E-state index < -0.39 is 6.17 Å². The van der Waals surface area contributed by atoms with Crippen molar-refractivity contribution in [2.75, 3.05) is 18.0 Å². The van der Waals surface area contributed by atoms with Crippen molar-refractivity contribution in [2.45, 2.75) is 12.6 Å². The molecule has 144 valence electrons. The van der Waals surface area contributed by atoms with Gasteiger partial charge in [-0.15, -0.1) is 0 Å². The fraction of sp³-hybridized carbons (Fsp3) is 0.174. The van der Waals surface area contributed by atoms with E-state index in [1.165, 1.54) is 0 Å². The molecule has 2 aromatic carbocycles. The second kappa shape index (κ2) is 7.47. The zero-order chi connectivity index (χ0) is 19.6. The maximum absolute atomic E-state index is 13.9. The van der Waals surface area contributed by atoms with Gasteiger partial charge in [-0.1, -0.05) is 60.7 Å². The van der Waals surface area contributed by atoms with Crippen LogP contribution in [0, 0.1) is 0 Å². The van der Waals surface area contributed by atoms with Crippen LogP contribution in [0.15, 0.2) is 72.9 Å². The second-order valence-corrected chi connectivity index (χ2v) is 7.13. The number of halogens is 1. The first-order valence-electron chi connectivity index (χ1n) is 9.71. The first kappa shape index (κ1) is 17.6. The molecule has 0 amide bonds. The van der Waals surface area contributed by atoms with Gasteiger partial charge >= 0.3 is 0 Å². The zero-order valence-electron chi connectivity index (χ0n) is 15.8. The third-order valence-electron chi connectivity index (χ3n) is 5.20. The average Bonchev–Trinajstić information content (AvgIpc) is 3.44. The highest BCUT2D eigenvalue weighted by Gasteiger charge is 2.28.